The molecule has 0 unspecified atom stereocenters. The Morgan fingerprint density at radius 2 is 2.20 bits per heavy atom. The fourth-order valence-electron chi connectivity index (χ4n) is 1.04. The Bertz CT molecular complexity index is 360. The number of nitrogens with one attached hydrogen (secondary N) is 1. The van der Waals surface area contributed by atoms with Crippen LogP contribution in [0.25, 0.3) is 0 Å². The summed E-state index contributed by atoms with van der Waals surface area (Å²) in [6.45, 7) is 3.85. The Labute approximate surface area is 97.0 Å². The van der Waals surface area contributed by atoms with Crippen LogP contribution in [0.3, 0.4) is 0 Å². The maximum Gasteiger partial charge on any atom is 0.236 e. The quantitative estimate of drug-likeness (QED) is 0.843. The summed E-state index contributed by atoms with van der Waals surface area (Å²) in [6, 6.07) is 6.17. The van der Waals surface area contributed by atoms with Crippen LogP contribution >= 0.6 is 15.9 Å². The minimum absolute atomic E-state index is 0.119. The largest absolute Gasteiger partial charge is 0.351 e. The minimum atomic E-state index is -0.597. The van der Waals surface area contributed by atoms with E-state index in [2.05, 4.69) is 21.2 Å². The molecule has 0 aliphatic rings. The third-order valence-corrected chi connectivity index (χ3v) is 2.24. The molecule has 0 heterocycles. The lowest BCUT2D eigenvalue weighted by atomic mass is 10.2. The zero-order valence-corrected chi connectivity index (χ0v) is 10.3. The van der Waals surface area contributed by atoms with Crippen molar-refractivity contribution in [2.75, 3.05) is 0 Å². The topological polar surface area (TPSA) is 29.1 Å². The SMILES string of the molecule is CC(C)(Br)C(=O)NCc1cccc(F)c1. The van der Waals surface area contributed by atoms with Gasteiger partial charge < -0.3 is 5.32 Å². The van der Waals surface area contributed by atoms with Gasteiger partial charge in [-0.25, -0.2) is 4.39 Å². The molecule has 0 saturated heterocycles. The standard InChI is InChI=1S/C11H13BrFNO/c1-11(2,12)10(15)14-7-8-4-3-5-9(13)6-8/h3-6H,7H2,1-2H3,(H,14,15). The highest BCUT2D eigenvalue weighted by atomic mass is 79.9. The molecule has 1 aromatic carbocycles. The molecule has 0 aliphatic carbocycles. The third-order valence-electron chi connectivity index (χ3n) is 1.88. The molecule has 1 aromatic rings. The van der Waals surface area contributed by atoms with Crippen LogP contribution in [0.5, 0.6) is 0 Å². The number of benzene rings is 1. The number of amides is 1. The molecule has 0 spiro atoms. The Morgan fingerprint density at radius 3 is 2.73 bits per heavy atom. The number of alkyl halides is 1. The van der Waals surface area contributed by atoms with Gasteiger partial charge in [-0.15, -0.1) is 0 Å². The molecule has 82 valence electrons. The normalized spacial score (nSPS) is 11.2. The van der Waals surface area contributed by atoms with E-state index in [0.717, 1.165) is 5.56 Å². The molecule has 15 heavy (non-hydrogen) atoms. The lowest BCUT2D eigenvalue weighted by molar-refractivity contribution is -0.122. The highest BCUT2D eigenvalue weighted by Crippen LogP contribution is 2.15. The van der Waals surface area contributed by atoms with E-state index in [-0.39, 0.29) is 11.7 Å². The van der Waals surface area contributed by atoms with E-state index in [1.165, 1.54) is 12.1 Å². The third kappa shape index (κ3) is 4.00. The van der Waals surface area contributed by atoms with E-state index in [1.54, 1.807) is 26.0 Å². The second kappa shape index (κ2) is 4.75. The van der Waals surface area contributed by atoms with E-state index in [4.69, 9.17) is 0 Å². The number of carbonyl (C=O) groups is 1. The molecule has 0 radical (unpaired) electrons. The van der Waals surface area contributed by atoms with Gasteiger partial charge in [0.1, 0.15) is 5.82 Å². The summed E-state index contributed by atoms with van der Waals surface area (Å²) < 4.78 is 12.2. The molecule has 2 nitrogen and oxygen atoms in total. The summed E-state index contributed by atoms with van der Waals surface area (Å²) in [5.74, 6) is -0.411. The van der Waals surface area contributed by atoms with Gasteiger partial charge in [0.05, 0.1) is 4.32 Å². The predicted octanol–water partition coefficient (Wildman–Crippen LogP) is 2.62. The van der Waals surface area contributed by atoms with Gasteiger partial charge in [-0.05, 0) is 31.5 Å². The van der Waals surface area contributed by atoms with Crippen molar-refractivity contribution < 1.29 is 9.18 Å². The molecule has 0 atom stereocenters. The minimum Gasteiger partial charge on any atom is -0.351 e. The van der Waals surface area contributed by atoms with E-state index in [0.29, 0.717) is 6.54 Å². The maximum absolute atomic E-state index is 12.8. The summed E-state index contributed by atoms with van der Waals surface area (Å²) in [4.78, 5) is 11.5. The number of rotatable bonds is 3. The fraction of sp³-hybridized carbons (Fsp3) is 0.364. The van der Waals surface area contributed by atoms with Crippen LogP contribution in [0.2, 0.25) is 0 Å². The monoisotopic (exact) mass is 273 g/mol. The number of hydrogen-bond acceptors (Lipinski definition) is 1. The van der Waals surface area contributed by atoms with Gasteiger partial charge in [0.2, 0.25) is 5.91 Å². The van der Waals surface area contributed by atoms with Crippen molar-refractivity contribution in [2.45, 2.75) is 24.7 Å². The summed E-state index contributed by atoms with van der Waals surface area (Å²) in [6.07, 6.45) is 0. The Balaban J connectivity index is 2.55. The highest BCUT2D eigenvalue weighted by Gasteiger charge is 2.22. The van der Waals surface area contributed by atoms with Crippen LogP contribution in [-0.4, -0.2) is 10.2 Å². The van der Waals surface area contributed by atoms with Crippen LogP contribution in [0.15, 0.2) is 24.3 Å². The van der Waals surface area contributed by atoms with Gasteiger partial charge in [0, 0.05) is 6.54 Å². The number of carbonyl (C=O) groups excluding carboxylic acids is 1. The second-order valence-electron chi connectivity index (χ2n) is 3.79. The van der Waals surface area contributed by atoms with Gasteiger partial charge in [0.15, 0.2) is 0 Å². The molecule has 0 aromatic heterocycles. The van der Waals surface area contributed by atoms with E-state index < -0.39 is 4.32 Å². The first kappa shape index (κ1) is 12.2. The molecule has 4 heteroatoms. The highest BCUT2D eigenvalue weighted by molar-refractivity contribution is 9.10. The molecular weight excluding hydrogens is 261 g/mol. The lowest BCUT2D eigenvalue weighted by Crippen LogP contribution is -2.37. The van der Waals surface area contributed by atoms with Crippen molar-refractivity contribution in [3.8, 4) is 0 Å². The van der Waals surface area contributed by atoms with Crippen molar-refractivity contribution in [3.05, 3.63) is 35.6 Å². The van der Waals surface area contributed by atoms with Gasteiger partial charge in [-0.1, -0.05) is 28.1 Å². The van der Waals surface area contributed by atoms with E-state index >= 15 is 0 Å². The first-order valence-corrected chi connectivity index (χ1v) is 5.40. The molecule has 0 aliphatic heterocycles. The fourth-order valence-corrected chi connectivity index (χ4v) is 1.18. The zero-order valence-electron chi connectivity index (χ0n) is 8.68. The van der Waals surface area contributed by atoms with E-state index in [9.17, 15) is 9.18 Å². The van der Waals surface area contributed by atoms with Crippen LogP contribution < -0.4 is 5.32 Å². The molecule has 0 fully saturated rings. The smallest absolute Gasteiger partial charge is 0.236 e. The van der Waals surface area contributed by atoms with Crippen LogP contribution in [0, 0.1) is 5.82 Å². The summed E-state index contributed by atoms with van der Waals surface area (Å²) in [5, 5.41) is 2.71. The van der Waals surface area contributed by atoms with Crippen molar-refractivity contribution in [1.82, 2.24) is 5.32 Å². The molecule has 0 saturated carbocycles. The van der Waals surface area contributed by atoms with Crippen molar-refractivity contribution in [3.63, 3.8) is 0 Å². The van der Waals surface area contributed by atoms with Crippen molar-refractivity contribution in [2.24, 2.45) is 0 Å². The average Bonchev–Trinajstić information content (AvgIpc) is 2.12. The Kier molecular flexibility index (Phi) is 3.85. The number of hydrogen-bond donors (Lipinski definition) is 1. The van der Waals surface area contributed by atoms with Gasteiger partial charge >= 0.3 is 0 Å². The lowest BCUT2D eigenvalue weighted by Gasteiger charge is -2.15. The molecule has 1 rings (SSSR count). The Morgan fingerprint density at radius 1 is 1.53 bits per heavy atom. The van der Waals surface area contributed by atoms with Gasteiger partial charge in [-0.3, -0.25) is 4.79 Å². The maximum atomic E-state index is 12.8. The first-order chi connectivity index (χ1) is 6.89. The molecule has 1 N–H and O–H groups in total. The van der Waals surface area contributed by atoms with Crippen LogP contribution in [0.4, 0.5) is 4.39 Å². The van der Waals surface area contributed by atoms with Crippen molar-refractivity contribution in [1.29, 1.82) is 0 Å². The molecular formula is C11H13BrFNO. The molecule has 1 amide bonds. The summed E-state index contributed by atoms with van der Waals surface area (Å²) in [5.41, 5.74) is 0.750. The summed E-state index contributed by atoms with van der Waals surface area (Å²) >= 11 is 3.25. The van der Waals surface area contributed by atoms with Gasteiger partial charge in [0.25, 0.3) is 0 Å². The zero-order chi connectivity index (χ0) is 11.5. The van der Waals surface area contributed by atoms with Crippen molar-refractivity contribution >= 4 is 21.8 Å². The summed E-state index contributed by atoms with van der Waals surface area (Å²) in [7, 11) is 0. The van der Waals surface area contributed by atoms with Gasteiger partial charge in [-0.2, -0.15) is 0 Å². The molecule has 0 bridgehead atoms. The van der Waals surface area contributed by atoms with E-state index in [1.807, 2.05) is 0 Å². The Hall–Kier alpha value is -0.900. The average molecular weight is 274 g/mol. The van der Waals surface area contributed by atoms with Crippen LogP contribution in [0.1, 0.15) is 19.4 Å². The van der Waals surface area contributed by atoms with Crippen LogP contribution in [-0.2, 0) is 11.3 Å². The first-order valence-electron chi connectivity index (χ1n) is 4.61. The predicted molar refractivity (Wildman–Crippen MR) is 61.3 cm³/mol. The number of halogens is 2. The second-order valence-corrected chi connectivity index (χ2v) is 5.77.